The molecular formula is C30H24N2O3S. The van der Waals surface area contributed by atoms with Gasteiger partial charge < -0.3 is 10.2 Å². The van der Waals surface area contributed by atoms with Gasteiger partial charge in [0.2, 0.25) is 5.91 Å². The summed E-state index contributed by atoms with van der Waals surface area (Å²) in [7, 11) is 0. The summed E-state index contributed by atoms with van der Waals surface area (Å²) in [6, 6.07) is 31.2. The molecule has 0 aromatic heterocycles. The zero-order valence-corrected chi connectivity index (χ0v) is 20.3. The second kappa shape index (κ2) is 10.6. The molecule has 5 nitrogen and oxygen atoms in total. The maximum Gasteiger partial charge on any atom is 0.256 e. The quantitative estimate of drug-likeness (QED) is 0.260. The molecule has 4 aromatic carbocycles. The number of hydrogen-bond acceptors (Lipinski definition) is 4. The molecule has 178 valence electrons. The molecule has 1 heterocycles. The van der Waals surface area contributed by atoms with Crippen LogP contribution in [0.25, 0.3) is 0 Å². The maximum absolute atomic E-state index is 13.1. The number of rotatable bonds is 7. The van der Waals surface area contributed by atoms with Gasteiger partial charge in [0.15, 0.2) is 5.78 Å². The lowest BCUT2D eigenvalue weighted by Gasteiger charge is -2.17. The molecule has 1 N–H and O–H groups in total. The van der Waals surface area contributed by atoms with Gasteiger partial charge in [-0.15, -0.1) is 11.8 Å². The van der Waals surface area contributed by atoms with Crippen LogP contribution in [-0.4, -0.2) is 29.9 Å². The number of fused-ring (bicyclic) bond motifs is 1. The zero-order chi connectivity index (χ0) is 24.9. The summed E-state index contributed by atoms with van der Waals surface area (Å²) in [5, 5.41) is 2.90. The maximum atomic E-state index is 13.1. The Labute approximate surface area is 214 Å². The highest BCUT2D eigenvalue weighted by Crippen LogP contribution is 2.30. The molecule has 0 radical (unpaired) electrons. The average molecular weight is 493 g/mol. The number of carbonyl (C=O) groups is 3. The van der Waals surface area contributed by atoms with Crippen molar-refractivity contribution >= 4 is 40.7 Å². The Morgan fingerprint density at radius 2 is 1.50 bits per heavy atom. The van der Waals surface area contributed by atoms with Crippen molar-refractivity contribution in [1.29, 1.82) is 0 Å². The number of para-hydroxylation sites is 1. The lowest BCUT2D eigenvalue weighted by Crippen LogP contribution is -2.30. The third-order valence-electron chi connectivity index (χ3n) is 6.09. The lowest BCUT2D eigenvalue weighted by molar-refractivity contribution is -0.116. The topological polar surface area (TPSA) is 66.5 Å². The Balaban J connectivity index is 1.27. The van der Waals surface area contributed by atoms with Gasteiger partial charge in [0.05, 0.1) is 11.3 Å². The lowest BCUT2D eigenvalue weighted by atomic mass is 10.0. The van der Waals surface area contributed by atoms with Crippen LogP contribution in [0.4, 0.5) is 11.4 Å². The first-order valence-electron chi connectivity index (χ1n) is 11.7. The summed E-state index contributed by atoms with van der Waals surface area (Å²) in [6.45, 7) is 0.679. The SMILES string of the molecule is O=C(c1ccccc1)c1cccc(NC(=O)c2ccccc2SCC(=O)N2CCc3ccccc32)c1. The Morgan fingerprint density at radius 3 is 2.36 bits per heavy atom. The number of nitrogens with one attached hydrogen (secondary N) is 1. The molecule has 0 aliphatic carbocycles. The number of carbonyl (C=O) groups excluding carboxylic acids is 3. The third kappa shape index (κ3) is 5.09. The largest absolute Gasteiger partial charge is 0.322 e. The first-order chi connectivity index (χ1) is 17.6. The molecule has 0 bridgehead atoms. The number of amides is 2. The Bertz CT molecular complexity index is 1440. The second-order valence-corrected chi connectivity index (χ2v) is 9.46. The Hall–Kier alpha value is -4.16. The van der Waals surface area contributed by atoms with E-state index in [1.54, 1.807) is 48.5 Å². The number of benzene rings is 4. The first kappa shape index (κ1) is 23.6. The summed E-state index contributed by atoms with van der Waals surface area (Å²) in [4.78, 5) is 41.4. The van der Waals surface area contributed by atoms with Crippen LogP contribution in [-0.2, 0) is 11.2 Å². The van der Waals surface area contributed by atoms with Crippen molar-refractivity contribution in [2.24, 2.45) is 0 Å². The molecule has 0 saturated heterocycles. The molecule has 6 heteroatoms. The van der Waals surface area contributed by atoms with Crippen molar-refractivity contribution in [3.05, 3.63) is 125 Å². The third-order valence-corrected chi connectivity index (χ3v) is 7.15. The monoisotopic (exact) mass is 492 g/mol. The van der Waals surface area contributed by atoms with Crippen LogP contribution in [0.1, 0.15) is 31.8 Å². The summed E-state index contributed by atoms with van der Waals surface area (Å²) < 4.78 is 0. The van der Waals surface area contributed by atoms with Gasteiger partial charge in [0.1, 0.15) is 0 Å². The minimum absolute atomic E-state index is 0.0206. The molecule has 0 spiro atoms. The standard InChI is InChI=1S/C30H24N2O3S/c33-28(32-18-17-21-9-4-6-15-26(21)32)20-36-27-16-7-5-14-25(27)30(35)31-24-13-8-12-23(19-24)29(34)22-10-2-1-3-11-22/h1-16,19H,17-18,20H2,(H,31,35). The number of anilines is 2. The second-order valence-electron chi connectivity index (χ2n) is 8.44. The van der Waals surface area contributed by atoms with Crippen LogP contribution in [0.5, 0.6) is 0 Å². The highest BCUT2D eigenvalue weighted by molar-refractivity contribution is 8.00. The van der Waals surface area contributed by atoms with Crippen LogP contribution >= 0.6 is 11.8 Å². The summed E-state index contributed by atoms with van der Waals surface area (Å²) in [5.41, 5.74) is 4.26. The molecule has 2 amide bonds. The van der Waals surface area contributed by atoms with Gasteiger partial charge >= 0.3 is 0 Å². The number of nitrogens with zero attached hydrogens (tertiary/aromatic N) is 1. The van der Waals surface area contributed by atoms with Gasteiger partial charge in [-0.1, -0.05) is 72.8 Å². The fourth-order valence-corrected chi connectivity index (χ4v) is 5.21. The fourth-order valence-electron chi connectivity index (χ4n) is 4.29. The summed E-state index contributed by atoms with van der Waals surface area (Å²) in [5.74, 6) is -0.141. The number of ketones is 1. The molecule has 0 saturated carbocycles. The average Bonchev–Trinajstić information content (AvgIpc) is 3.36. The molecule has 0 fully saturated rings. The molecule has 1 aliphatic heterocycles. The highest BCUT2D eigenvalue weighted by Gasteiger charge is 2.24. The smallest absolute Gasteiger partial charge is 0.256 e. The van der Waals surface area contributed by atoms with E-state index in [9.17, 15) is 14.4 Å². The van der Waals surface area contributed by atoms with Crippen molar-refractivity contribution in [3.63, 3.8) is 0 Å². The Kier molecular flexibility index (Phi) is 6.96. The molecule has 1 aliphatic rings. The van der Waals surface area contributed by atoms with Gasteiger partial charge in [0.25, 0.3) is 5.91 Å². The van der Waals surface area contributed by atoms with E-state index < -0.39 is 0 Å². The first-order valence-corrected chi connectivity index (χ1v) is 12.7. The minimum atomic E-state index is -0.290. The van der Waals surface area contributed by atoms with E-state index >= 15 is 0 Å². The molecule has 36 heavy (non-hydrogen) atoms. The predicted molar refractivity (Wildman–Crippen MR) is 144 cm³/mol. The molecule has 4 aromatic rings. The van der Waals surface area contributed by atoms with Crippen LogP contribution < -0.4 is 10.2 Å². The summed E-state index contributed by atoms with van der Waals surface area (Å²) >= 11 is 1.35. The normalized spacial score (nSPS) is 12.2. The van der Waals surface area contributed by atoms with Crippen molar-refractivity contribution in [3.8, 4) is 0 Å². The van der Waals surface area contributed by atoms with Crippen LogP contribution in [0.2, 0.25) is 0 Å². The van der Waals surface area contributed by atoms with E-state index in [4.69, 9.17) is 0 Å². The van der Waals surface area contributed by atoms with Gasteiger partial charge in [-0.05, 0) is 42.3 Å². The predicted octanol–water partition coefficient (Wildman–Crippen LogP) is 5.85. The van der Waals surface area contributed by atoms with Crippen molar-refractivity contribution < 1.29 is 14.4 Å². The summed E-state index contributed by atoms with van der Waals surface area (Å²) in [6.07, 6.45) is 0.859. The van der Waals surface area contributed by atoms with Gasteiger partial charge in [-0.3, -0.25) is 14.4 Å². The molecule has 0 atom stereocenters. The minimum Gasteiger partial charge on any atom is -0.322 e. The van der Waals surface area contributed by atoms with Crippen LogP contribution in [0, 0.1) is 0 Å². The fraction of sp³-hybridized carbons (Fsp3) is 0.100. The molecule has 0 unspecified atom stereocenters. The van der Waals surface area contributed by atoms with Crippen molar-refractivity contribution in [1.82, 2.24) is 0 Å². The highest BCUT2D eigenvalue weighted by atomic mass is 32.2. The van der Waals surface area contributed by atoms with E-state index in [0.717, 1.165) is 17.0 Å². The van der Waals surface area contributed by atoms with Crippen LogP contribution in [0.3, 0.4) is 0 Å². The van der Waals surface area contributed by atoms with E-state index in [1.165, 1.54) is 17.3 Å². The van der Waals surface area contributed by atoms with Gasteiger partial charge in [0, 0.05) is 33.9 Å². The van der Waals surface area contributed by atoms with E-state index in [0.29, 0.717) is 28.9 Å². The Morgan fingerprint density at radius 1 is 0.778 bits per heavy atom. The van der Waals surface area contributed by atoms with E-state index in [1.807, 2.05) is 53.4 Å². The van der Waals surface area contributed by atoms with Crippen molar-refractivity contribution in [2.75, 3.05) is 22.5 Å². The van der Waals surface area contributed by atoms with Crippen molar-refractivity contribution in [2.45, 2.75) is 11.3 Å². The van der Waals surface area contributed by atoms with Crippen LogP contribution in [0.15, 0.2) is 108 Å². The van der Waals surface area contributed by atoms with E-state index in [2.05, 4.69) is 11.4 Å². The van der Waals surface area contributed by atoms with E-state index in [-0.39, 0.29) is 23.4 Å². The van der Waals surface area contributed by atoms with Gasteiger partial charge in [-0.25, -0.2) is 0 Å². The number of hydrogen-bond donors (Lipinski definition) is 1. The zero-order valence-electron chi connectivity index (χ0n) is 19.5. The van der Waals surface area contributed by atoms with Gasteiger partial charge in [-0.2, -0.15) is 0 Å². The molecular weight excluding hydrogens is 468 g/mol. The molecule has 5 rings (SSSR count). The number of thioether (sulfide) groups is 1.